The van der Waals surface area contributed by atoms with Gasteiger partial charge < -0.3 is 15.3 Å². The molecule has 0 radical (unpaired) electrons. The van der Waals surface area contributed by atoms with Crippen LogP contribution in [0.5, 0.6) is 0 Å². The molecule has 8 heteroatoms. The number of benzene rings is 1. The largest absolute Gasteiger partial charge is 0.373 e. The molecular formula is C19H22Cl2N4O2. The maximum atomic E-state index is 12.7. The second-order valence-electron chi connectivity index (χ2n) is 6.71. The van der Waals surface area contributed by atoms with Gasteiger partial charge in [-0.05, 0) is 31.0 Å². The number of nitrogens with one attached hydrogen (secondary N) is 1. The van der Waals surface area contributed by atoms with E-state index in [-0.39, 0.29) is 16.6 Å². The van der Waals surface area contributed by atoms with Crippen molar-refractivity contribution in [2.45, 2.75) is 38.3 Å². The van der Waals surface area contributed by atoms with E-state index < -0.39 is 12.1 Å². The molecule has 1 amide bonds. The summed E-state index contributed by atoms with van der Waals surface area (Å²) in [5, 5.41) is 13.6. The van der Waals surface area contributed by atoms with Crippen molar-refractivity contribution in [3.63, 3.8) is 0 Å². The van der Waals surface area contributed by atoms with E-state index in [4.69, 9.17) is 23.2 Å². The van der Waals surface area contributed by atoms with Gasteiger partial charge >= 0.3 is 0 Å². The Morgan fingerprint density at radius 1 is 1.22 bits per heavy atom. The number of hydrogen-bond acceptors (Lipinski definition) is 5. The minimum Gasteiger partial charge on any atom is -0.373 e. The lowest BCUT2D eigenvalue weighted by Gasteiger charge is -2.27. The minimum absolute atomic E-state index is 0.0886. The number of aliphatic hydroxyl groups is 1. The van der Waals surface area contributed by atoms with Gasteiger partial charge in [-0.25, -0.2) is 9.97 Å². The van der Waals surface area contributed by atoms with Gasteiger partial charge in [0.2, 0.25) is 0 Å². The van der Waals surface area contributed by atoms with Crippen molar-refractivity contribution in [1.29, 1.82) is 0 Å². The molecule has 3 rings (SSSR count). The van der Waals surface area contributed by atoms with Crippen LogP contribution >= 0.6 is 23.2 Å². The molecule has 2 aromatic rings. The van der Waals surface area contributed by atoms with Crippen molar-refractivity contribution in [2.75, 3.05) is 11.9 Å². The van der Waals surface area contributed by atoms with Crippen LogP contribution in [0.4, 0.5) is 11.5 Å². The van der Waals surface area contributed by atoms with Crippen LogP contribution < -0.4 is 10.2 Å². The number of carbonyl (C=O) groups excluding carboxylic acids is 1. The number of nitrogens with zero attached hydrogens (tertiary/aromatic N) is 3. The molecule has 1 atom stereocenters. The molecule has 1 unspecified atom stereocenters. The van der Waals surface area contributed by atoms with Gasteiger partial charge in [0.25, 0.3) is 5.91 Å². The summed E-state index contributed by atoms with van der Waals surface area (Å²) in [5.41, 5.74) is 0.968. The van der Waals surface area contributed by atoms with Gasteiger partial charge in [-0.3, -0.25) is 4.79 Å². The van der Waals surface area contributed by atoms with Gasteiger partial charge in [0, 0.05) is 31.0 Å². The average Bonchev–Trinajstić information content (AvgIpc) is 2.68. The van der Waals surface area contributed by atoms with Gasteiger partial charge in [-0.2, -0.15) is 0 Å². The number of rotatable bonds is 5. The highest BCUT2D eigenvalue weighted by molar-refractivity contribution is 6.34. The first-order valence-corrected chi connectivity index (χ1v) is 9.71. The molecule has 144 valence electrons. The maximum Gasteiger partial charge on any atom is 0.254 e. The Kier molecular flexibility index (Phi) is 6.52. The fourth-order valence-corrected chi connectivity index (χ4v) is 3.77. The molecule has 1 saturated carbocycles. The lowest BCUT2D eigenvalue weighted by atomic mass is 9.88. The molecular weight excluding hydrogens is 387 g/mol. The SMILES string of the molecule is CN(c1ccc(Cl)c(C(=O)NC(O)C2CCCCC2)c1)c1nccnc1Cl. The van der Waals surface area contributed by atoms with E-state index in [0.29, 0.717) is 16.5 Å². The van der Waals surface area contributed by atoms with Gasteiger partial charge in [0.05, 0.1) is 10.6 Å². The maximum absolute atomic E-state index is 12.7. The molecule has 27 heavy (non-hydrogen) atoms. The lowest BCUT2D eigenvalue weighted by molar-refractivity contribution is 0.0463. The predicted molar refractivity (Wildman–Crippen MR) is 107 cm³/mol. The Bertz CT molecular complexity index is 812. The normalized spacial score (nSPS) is 16.0. The Morgan fingerprint density at radius 2 is 1.93 bits per heavy atom. The first-order valence-electron chi connectivity index (χ1n) is 8.96. The summed E-state index contributed by atoms with van der Waals surface area (Å²) < 4.78 is 0. The Hall–Kier alpha value is -1.89. The zero-order valence-corrected chi connectivity index (χ0v) is 16.5. The number of anilines is 2. The second-order valence-corrected chi connectivity index (χ2v) is 7.48. The molecule has 1 aliphatic rings. The Labute approximate surface area is 168 Å². The van der Waals surface area contributed by atoms with Crippen molar-refractivity contribution in [3.05, 3.63) is 46.3 Å². The fourth-order valence-electron chi connectivity index (χ4n) is 3.34. The summed E-state index contributed by atoms with van der Waals surface area (Å²) in [6, 6.07) is 5.05. The summed E-state index contributed by atoms with van der Waals surface area (Å²) in [5.74, 6) is 0.152. The number of aromatic nitrogens is 2. The lowest BCUT2D eigenvalue weighted by Crippen LogP contribution is -2.41. The van der Waals surface area contributed by atoms with Gasteiger partial charge in [-0.1, -0.05) is 42.5 Å². The van der Waals surface area contributed by atoms with Crippen molar-refractivity contribution in [3.8, 4) is 0 Å². The molecule has 6 nitrogen and oxygen atoms in total. The van der Waals surface area contributed by atoms with Crippen molar-refractivity contribution >= 4 is 40.6 Å². The zero-order chi connectivity index (χ0) is 19.4. The summed E-state index contributed by atoms with van der Waals surface area (Å²) in [7, 11) is 1.78. The van der Waals surface area contributed by atoms with E-state index >= 15 is 0 Å². The predicted octanol–water partition coefficient (Wildman–Crippen LogP) is 4.18. The summed E-state index contributed by atoms with van der Waals surface area (Å²) in [6.07, 6.45) is 7.36. The quantitative estimate of drug-likeness (QED) is 0.725. The number of carbonyl (C=O) groups is 1. The van der Waals surface area contributed by atoms with Gasteiger partial charge in [-0.15, -0.1) is 0 Å². The van der Waals surface area contributed by atoms with Gasteiger partial charge in [0.1, 0.15) is 6.23 Å². The van der Waals surface area contributed by atoms with Gasteiger partial charge in [0.15, 0.2) is 11.0 Å². The topological polar surface area (TPSA) is 78.4 Å². The highest BCUT2D eigenvalue weighted by atomic mass is 35.5. The van der Waals surface area contributed by atoms with E-state index in [9.17, 15) is 9.90 Å². The van der Waals surface area contributed by atoms with Crippen molar-refractivity contribution in [1.82, 2.24) is 15.3 Å². The molecule has 1 aliphatic carbocycles. The van der Waals surface area contributed by atoms with E-state index in [1.54, 1.807) is 36.3 Å². The molecule has 1 fully saturated rings. The zero-order valence-electron chi connectivity index (χ0n) is 15.0. The van der Waals surface area contributed by atoms with Crippen LogP contribution in [0.15, 0.2) is 30.6 Å². The van der Waals surface area contributed by atoms with E-state index in [1.165, 1.54) is 12.6 Å². The minimum atomic E-state index is -0.871. The number of hydrogen-bond donors (Lipinski definition) is 2. The molecule has 0 spiro atoms. The average molecular weight is 409 g/mol. The van der Waals surface area contributed by atoms with Crippen LogP contribution in [0.1, 0.15) is 42.5 Å². The van der Waals surface area contributed by atoms with Crippen LogP contribution in [0, 0.1) is 5.92 Å². The first kappa shape index (κ1) is 19.9. The Balaban J connectivity index is 1.78. The standard InChI is InChI=1S/C19H22Cl2N4O2/c1-25(17-16(21)22-9-10-23-17)13-7-8-15(20)14(11-13)19(27)24-18(26)12-5-3-2-4-6-12/h7-12,18,26H,2-6H2,1H3,(H,24,27). The third-order valence-electron chi connectivity index (χ3n) is 4.91. The molecule has 1 aromatic heterocycles. The number of amides is 1. The molecule has 0 bridgehead atoms. The van der Waals surface area contributed by atoms with Crippen LogP contribution in [-0.2, 0) is 0 Å². The van der Waals surface area contributed by atoms with Crippen LogP contribution in [0.2, 0.25) is 10.2 Å². The molecule has 0 saturated heterocycles. The molecule has 1 aromatic carbocycles. The molecule has 1 heterocycles. The van der Waals surface area contributed by atoms with Crippen molar-refractivity contribution < 1.29 is 9.90 Å². The summed E-state index contributed by atoms with van der Waals surface area (Å²) in [6.45, 7) is 0. The van der Waals surface area contributed by atoms with E-state index in [2.05, 4.69) is 15.3 Å². The number of aliphatic hydroxyl groups excluding tert-OH is 1. The number of halogens is 2. The van der Waals surface area contributed by atoms with E-state index in [0.717, 1.165) is 25.7 Å². The monoisotopic (exact) mass is 408 g/mol. The highest BCUT2D eigenvalue weighted by Crippen LogP contribution is 2.30. The summed E-state index contributed by atoms with van der Waals surface area (Å²) in [4.78, 5) is 22.6. The second kappa shape index (κ2) is 8.87. The summed E-state index contributed by atoms with van der Waals surface area (Å²) >= 11 is 12.3. The smallest absolute Gasteiger partial charge is 0.254 e. The Morgan fingerprint density at radius 3 is 2.63 bits per heavy atom. The van der Waals surface area contributed by atoms with Crippen LogP contribution in [-0.4, -0.2) is 34.3 Å². The molecule has 0 aliphatic heterocycles. The van der Waals surface area contributed by atoms with E-state index in [1.807, 2.05) is 0 Å². The molecule has 2 N–H and O–H groups in total. The van der Waals surface area contributed by atoms with Crippen LogP contribution in [0.25, 0.3) is 0 Å². The third kappa shape index (κ3) is 4.69. The van der Waals surface area contributed by atoms with Crippen molar-refractivity contribution in [2.24, 2.45) is 5.92 Å². The van der Waals surface area contributed by atoms with Crippen LogP contribution in [0.3, 0.4) is 0 Å². The fraction of sp³-hybridized carbons (Fsp3) is 0.421. The third-order valence-corrected chi connectivity index (χ3v) is 5.51. The first-order chi connectivity index (χ1) is 13.0. The highest BCUT2D eigenvalue weighted by Gasteiger charge is 2.24.